The van der Waals surface area contributed by atoms with Gasteiger partial charge in [-0.2, -0.15) is 0 Å². The fourth-order valence-electron chi connectivity index (χ4n) is 3.43. The Hall–Kier alpha value is -1.88. The largest absolute Gasteiger partial charge is 0.356 e. The molecule has 1 N–H and O–H groups in total. The molecule has 1 atom stereocenters. The number of likely N-dealkylation sites (tertiary alicyclic amines) is 1. The van der Waals surface area contributed by atoms with Gasteiger partial charge in [0.15, 0.2) is 0 Å². The van der Waals surface area contributed by atoms with Crippen molar-refractivity contribution in [1.29, 1.82) is 0 Å². The fourth-order valence-corrected chi connectivity index (χ4v) is 3.43. The molecule has 0 aliphatic carbocycles. The molecule has 130 valence electrons. The Labute approximate surface area is 144 Å². The van der Waals surface area contributed by atoms with Gasteiger partial charge in [0.2, 0.25) is 5.91 Å². The zero-order valence-electron chi connectivity index (χ0n) is 14.7. The van der Waals surface area contributed by atoms with Gasteiger partial charge in [-0.15, -0.1) is 0 Å². The van der Waals surface area contributed by atoms with Crippen LogP contribution in [0.3, 0.4) is 0 Å². The minimum absolute atomic E-state index is 0.133. The summed E-state index contributed by atoms with van der Waals surface area (Å²) < 4.78 is 2.00. The zero-order chi connectivity index (χ0) is 16.9. The monoisotopic (exact) mass is 328 g/mol. The van der Waals surface area contributed by atoms with E-state index in [1.54, 1.807) is 0 Å². The highest BCUT2D eigenvalue weighted by atomic mass is 16.1. The predicted molar refractivity (Wildman–Crippen MR) is 96.0 cm³/mol. The summed E-state index contributed by atoms with van der Waals surface area (Å²) in [6, 6.07) is 6.53. The number of aryl methyl sites for hydroxylation is 1. The topological polar surface area (TPSA) is 49.6 Å². The Kier molecular flexibility index (Phi) is 5.51. The first kappa shape index (κ1) is 17.0. The summed E-state index contributed by atoms with van der Waals surface area (Å²) in [7, 11) is 0. The molecule has 0 unspecified atom stereocenters. The lowest BCUT2D eigenvalue weighted by Gasteiger charge is -2.35. The number of nitrogens with one attached hydrogen (secondary N) is 1. The van der Waals surface area contributed by atoms with Gasteiger partial charge in [0.25, 0.3) is 0 Å². The first-order chi connectivity index (χ1) is 11.6. The first-order valence-corrected chi connectivity index (χ1v) is 9.05. The number of hydrogen-bond donors (Lipinski definition) is 1. The van der Waals surface area contributed by atoms with Crippen molar-refractivity contribution < 1.29 is 4.79 Å². The summed E-state index contributed by atoms with van der Waals surface area (Å²) in [6.07, 6.45) is 7.64. The molecule has 1 amide bonds. The minimum Gasteiger partial charge on any atom is -0.356 e. The first-order valence-electron chi connectivity index (χ1n) is 9.05. The summed E-state index contributed by atoms with van der Waals surface area (Å²) in [5.41, 5.74) is 1.91. The van der Waals surface area contributed by atoms with E-state index in [-0.39, 0.29) is 5.91 Å². The van der Waals surface area contributed by atoms with Crippen molar-refractivity contribution in [2.45, 2.75) is 45.6 Å². The lowest BCUT2D eigenvalue weighted by Crippen LogP contribution is -2.43. The molecular formula is C19H28N4O. The van der Waals surface area contributed by atoms with Gasteiger partial charge < -0.3 is 14.6 Å². The third-order valence-electron chi connectivity index (χ3n) is 4.89. The van der Waals surface area contributed by atoms with Gasteiger partial charge in [-0.1, -0.05) is 6.07 Å². The Balaban J connectivity index is 1.42. The van der Waals surface area contributed by atoms with E-state index < -0.39 is 0 Å². The molecule has 0 saturated carbocycles. The van der Waals surface area contributed by atoms with Crippen LogP contribution < -0.4 is 5.32 Å². The standard InChI is InChI=1S/C19H28N4O/c1-15(2)22-11-5-6-16(13-22)12-20-19(24)9-8-17-14-23-10-4-3-7-18(23)21-17/h3-4,7,10,14-16H,5-6,8-9,11-13H2,1-2H3,(H,20,24)/t16-/m1/s1. The number of fused-ring (bicyclic) bond motifs is 1. The SMILES string of the molecule is CC(C)N1CCC[C@H](CNC(=O)CCc2cn3ccccc3n2)C1. The number of nitrogens with zero attached hydrogens (tertiary/aromatic N) is 3. The minimum atomic E-state index is 0.133. The van der Waals surface area contributed by atoms with Crippen LogP contribution in [0.4, 0.5) is 0 Å². The molecular weight excluding hydrogens is 300 g/mol. The molecule has 1 saturated heterocycles. The Morgan fingerprint density at radius 2 is 2.29 bits per heavy atom. The van der Waals surface area contributed by atoms with E-state index in [4.69, 9.17) is 0 Å². The van der Waals surface area contributed by atoms with E-state index in [0.717, 1.165) is 24.4 Å². The second-order valence-corrected chi connectivity index (χ2v) is 7.10. The fraction of sp³-hybridized carbons (Fsp3) is 0.579. The van der Waals surface area contributed by atoms with Gasteiger partial charge >= 0.3 is 0 Å². The highest BCUT2D eigenvalue weighted by Gasteiger charge is 2.21. The van der Waals surface area contributed by atoms with Crippen LogP contribution in [-0.4, -0.2) is 45.9 Å². The summed E-state index contributed by atoms with van der Waals surface area (Å²) >= 11 is 0. The molecule has 5 heteroatoms. The van der Waals surface area contributed by atoms with Gasteiger partial charge in [0.1, 0.15) is 5.65 Å². The van der Waals surface area contributed by atoms with E-state index in [1.165, 1.54) is 19.4 Å². The number of carbonyl (C=O) groups excluding carboxylic acids is 1. The molecule has 3 heterocycles. The van der Waals surface area contributed by atoms with E-state index in [2.05, 4.69) is 29.0 Å². The van der Waals surface area contributed by atoms with Crippen LogP contribution in [0.25, 0.3) is 5.65 Å². The molecule has 5 nitrogen and oxygen atoms in total. The van der Waals surface area contributed by atoms with Crippen molar-refractivity contribution in [1.82, 2.24) is 19.6 Å². The van der Waals surface area contributed by atoms with Gasteiger partial charge in [0.05, 0.1) is 5.69 Å². The molecule has 1 aliphatic heterocycles. The van der Waals surface area contributed by atoms with Crippen molar-refractivity contribution in [2.24, 2.45) is 5.92 Å². The van der Waals surface area contributed by atoms with Crippen LogP contribution in [0.1, 0.15) is 38.8 Å². The number of pyridine rings is 1. The summed E-state index contributed by atoms with van der Waals surface area (Å²) in [4.78, 5) is 19.2. The van der Waals surface area contributed by atoms with E-state index in [9.17, 15) is 4.79 Å². The quantitative estimate of drug-likeness (QED) is 0.886. The Morgan fingerprint density at radius 1 is 1.42 bits per heavy atom. The van der Waals surface area contributed by atoms with E-state index >= 15 is 0 Å². The third-order valence-corrected chi connectivity index (χ3v) is 4.89. The van der Waals surface area contributed by atoms with Crippen LogP contribution in [0.15, 0.2) is 30.6 Å². The molecule has 24 heavy (non-hydrogen) atoms. The number of aromatic nitrogens is 2. The molecule has 0 bridgehead atoms. The van der Waals surface area contributed by atoms with Crippen LogP contribution >= 0.6 is 0 Å². The average Bonchev–Trinajstić information content (AvgIpc) is 3.01. The van der Waals surface area contributed by atoms with Crippen LogP contribution in [0, 0.1) is 5.92 Å². The number of hydrogen-bond acceptors (Lipinski definition) is 3. The lowest BCUT2D eigenvalue weighted by molar-refractivity contribution is -0.121. The van der Waals surface area contributed by atoms with Gasteiger partial charge in [-0.05, 0) is 57.7 Å². The number of carbonyl (C=O) groups is 1. The Bertz CT molecular complexity index is 646. The maximum atomic E-state index is 12.1. The van der Waals surface area contributed by atoms with E-state index in [1.807, 2.05) is 35.0 Å². The number of rotatable bonds is 6. The van der Waals surface area contributed by atoms with Crippen LogP contribution in [0.2, 0.25) is 0 Å². The van der Waals surface area contributed by atoms with Crippen LogP contribution in [-0.2, 0) is 11.2 Å². The van der Waals surface area contributed by atoms with E-state index in [0.29, 0.717) is 24.8 Å². The Morgan fingerprint density at radius 3 is 3.08 bits per heavy atom. The number of piperidine rings is 1. The van der Waals surface area contributed by atoms with Crippen molar-refractivity contribution in [3.05, 3.63) is 36.3 Å². The van der Waals surface area contributed by atoms with Crippen molar-refractivity contribution in [2.75, 3.05) is 19.6 Å². The molecule has 0 aromatic carbocycles. The van der Waals surface area contributed by atoms with Crippen molar-refractivity contribution in [3.8, 4) is 0 Å². The number of amides is 1. The van der Waals surface area contributed by atoms with Gasteiger partial charge in [-0.25, -0.2) is 4.98 Å². The highest BCUT2D eigenvalue weighted by molar-refractivity contribution is 5.76. The second-order valence-electron chi connectivity index (χ2n) is 7.10. The molecule has 0 radical (unpaired) electrons. The molecule has 2 aromatic rings. The normalized spacial score (nSPS) is 19.0. The summed E-state index contributed by atoms with van der Waals surface area (Å²) in [6.45, 7) is 7.58. The predicted octanol–water partition coefficient (Wildman–Crippen LogP) is 2.50. The smallest absolute Gasteiger partial charge is 0.220 e. The second kappa shape index (κ2) is 7.79. The summed E-state index contributed by atoms with van der Waals surface area (Å²) in [5.74, 6) is 0.717. The van der Waals surface area contributed by atoms with Crippen LogP contribution in [0.5, 0.6) is 0 Å². The third kappa shape index (κ3) is 4.35. The maximum absolute atomic E-state index is 12.1. The van der Waals surface area contributed by atoms with Crippen molar-refractivity contribution in [3.63, 3.8) is 0 Å². The molecule has 1 fully saturated rings. The van der Waals surface area contributed by atoms with Gasteiger partial charge in [-0.3, -0.25) is 4.79 Å². The maximum Gasteiger partial charge on any atom is 0.220 e. The molecule has 0 spiro atoms. The molecule has 2 aromatic heterocycles. The molecule has 3 rings (SSSR count). The average molecular weight is 328 g/mol. The number of imidazole rings is 1. The molecule has 1 aliphatic rings. The van der Waals surface area contributed by atoms with Gasteiger partial charge in [0, 0.05) is 37.9 Å². The highest BCUT2D eigenvalue weighted by Crippen LogP contribution is 2.17. The van der Waals surface area contributed by atoms with Crippen molar-refractivity contribution >= 4 is 11.6 Å². The lowest BCUT2D eigenvalue weighted by atomic mass is 9.97. The summed E-state index contributed by atoms with van der Waals surface area (Å²) in [5, 5.41) is 3.12. The zero-order valence-corrected chi connectivity index (χ0v) is 14.7.